The number of fused-ring (bicyclic) bond motifs is 1. The molecule has 0 bridgehead atoms. The van der Waals surface area contributed by atoms with Crippen molar-refractivity contribution >= 4 is 23.3 Å². The zero-order chi connectivity index (χ0) is 18.7. The molecule has 0 aliphatic carbocycles. The maximum absolute atomic E-state index is 12.6. The number of nitrogens with one attached hydrogen (secondary N) is 2. The van der Waals surface area contributed by atoms with Crippen LogP contribution in [-0.4, -0.2) is 24.6 Å². The van der Waals surface area contributed by atoms with Gasteiger partial charge in [0.15, 0.2) is 0 Å². The van der Waals surface area contributed by atoms with E-state index in [1.54, 1.807) is 30.3 Å². The molecule has 4 N–H and O–H groups in total. The second-order valence-corrected chi connectivity index (χ2v) is 6.05. The van der Waals surface area contributed by atoms with Crippen LogP contribution < -0.4 is 25.8 Å². The van der Waals surface area contributed by atoms with E-state index in [0.717, 1.165) is 17.7 Å². The number of ether oxygens (including phenoxy) is 2. The van der Waals surface area contributed by atoms with Crippen LogP contribution in [0, 0.1) is 0 Å². The number of carbonyl (C=O) groups is 2. The first kappa shape index (κ1) is 17.6. The van der Waals surface area contributed by atoms with Gasteiger partial charge in [0.2, 0.25) is 0 Å². The maximum Gasteiger partial charge on any atom is 0.316 e. The molecular formula is C19H21N3O4. The van der Waals surface area contributed by atoms with Crippen molar-refractivity contribution in [2.24, 2.45) is 5.73 Å². The van der Waals surface area contributed by atoms with Crippen molar-refractivity contribution in [1.82, 2.24) is 0 Å². The van der Waals surface area contributed by atoms with Crippen LogP contribution in [0.4, 0.5) is 16.2 Å². The SMILES string of the molecule is CCOc1cc2c(cc1NC(=O)c1cccc(NC(N)=O)c1)O[C@@H](C)C2. The van der Waals surface area contributed by atoms with Gasteiger partial charge in [-0.2, -0.15) is 0 Å². The lowest BCUT2D eigenvalue weighted by Gasteiger charge is -2.14. The highest BCUT2D eigenvalue weighted by molar-refractivity contribution is 6.06. The van der Waals surface area contributed by atoms with Crippen molar-refractivity contribution < 1.29 is 19.1 Å². The first-order valence-electron chi connectivity index (χ1n) is 8.40. The highest BCUT2D eigenvalue weighted by Crippen LogP contribution is 2.38. The summed E-state index contributed by atoms with van der Waals surface area (Å²) in [6, 6.07) is 9.51. The van der Waals surface area contributed by atoms with Crippen LogP contribution in [-0.2, 0) is 6.42 Å². The normalized spacial score (nSPS) is 14.9. The molecule has 0 saturated carbocycles. The van der Waals surface area contributed by atoms with Crippen molar-refractivity contribution in [3.8, 4) is 11.5 Å². The molecule has 1 aliphatic heterocycles. The molecule has 1 atom stereocenters. The molecule has 136 valence electrons. The summed E-state index contributed by atoms with van der Waals surface area (Å²) in [5, 5.41) is 5.30. The molecule has 1 aliphatic rings. The molecule has 3 amide bonds. The van der Waals surface area contributed by atoms with Crippen molar-refractivity contribution in [3.63, 3.8) is 0 Å². The summed E-state index contributed by atoms with van der Waals surface area (Å²) in [7, 11) is 0. The number of carbonyl (C=O) groups excluding carboxylic acids is 2. The molecule has 3 rings (SSSR count). The van der Waals surface area contributed by atoms with Gasteiger partial charge in [-0.05, 0) is 38.1 Å². The minimum absolute atomic E-state index is 0.0991. The van der Waals surface area contributed by atoms with Crippen LogP contribution in [0.3, 0.4) is 0 Å². The number of anilines is 2. The quantitative estimate of drug-likeness (QED) is 0.766. The molecule has 1 heterocycles. The van der Waals surface area contributed by atoms with E-state index in [9.17, 15) is 9.59 Å². The molecular weight excluding hydrogens is 334 g/mol. The van der Waals surface area contributed by atoms with Gasteiger partial charge in [0.1, 0.15) is 17.6 Å². The predicted octanol–water partition coefficient (Wildman–Crippen LogP) is 3.15. The van der Waals surface area contributed by atoms with Crippen LogP contribution >= 0.6 is 0 Å². The molecule has 0 unspecified atom stereocenters. The number of benzene rings is 2. The summed E-state index contributed by atoms with van der Waals surface area (Å²) in [5.74, 6) is 1.02. The lowest BCUT2D eigenvalue weighted by Crippen LogP contribution is -2.20. The van der Waals surface area contributed by atoms with Crippen LogP contribution in [0.25, 0.3) is 0 Å². The van der Waals surface area contributed by atoms with Gasteiger partial charge >= 0.3 is 6.03 Å². The number of rotatable bonds is 5. The Kier molecular flexibility index (Phi) is 4.97. The molecule has 2 aromatic carbocycles. The molecule has 7 heteroatoms. The van der Waals surface area contributed by atoms with E-state index < -0.39 is 6.03 Å². The Labute approximate surface area is 151 Å². The van der Waals surface area contributed by atoms with E-state index in [-0.39, 0.29) is 12.0 Å². The van der Waals surface area contributed by atoms with E-state index in [4.69, 9.17) is 15.2 Å². The molecule has 0 saturated heterocycles. The van der Waals surface area contributed by atoms with Crippen molar-refractivity contribution in [3.05, 3.63) is 47.5 Å². The first-order chi connectivity index (χ1) is 12.5. The third-order valence-corrected chi connectivity index (χ3v) is 3.94. The van der Waals surface area contributed by atoms with Gasteiger partial charge in [-0.3, -0.25) is 4.79 Å². The van der Waals surface area contributed by atoms with E-state index in [1.165, 1.54) is 0 Å². The molecule has 0 aromatic heterocycles. The molecule has 2 aromatic rings. The van der Waals surface area contributed by atoms with Gasteiger partial charge in [0.25, 0.3) is 5.91 Å². The minimum Gasteiger partial charge on any atom is -0.492 e. The topological polar surface area (TPSA) is 103 Å². The fourth-order valence-electron chi connectivity index (χ4n) is 2.89. The third kappa shape index (κ3) is 3.88. The number of urea groups is 1. The van der Waals surface area contributed by atoms with Crippen molar-refractivity contribution in [2.45, 2.75) is 26.4 Å². The Morgan fingerprint density at radius 2 is 2.08 bits per heavy atom. The van der Waals surface area contributed by atoms with Gasteiger partial charge in [-0.15, -0.1) is 0 Å². The van der Waals surface area contributed by atoms with E-state index in [2.05, 4.69) is 10.6 Å². The van der Waals surface area contributed by atoms with Gasteiger partial charge in [-0.25, -0.2) is 4.79 Å². The Morgan fingerprint density at radius 3 is 2.81 bits per heavy atom. The van der Waals surface area contributed by atoms with Gasteiger partial charge < -0.3 is 25.8 Å². The highest BCUT2D eigenvalue weighted by Gasteiger charge is 2.22. The number of nitrogens with two attached hydrogens (primary N) is 1. The molecule has 7 nitrogen and oxygen atoms in total. The number of hydrogen-bond donors (Lipinski definition) is 3. The molecule has 26 heavy (non-hydrogen) atoms. The molecule has 0 spiro atoms. The number of amides is 3. The van der Waals surface area contributed by atoms with E-state index >= 15 is 0 Å². The molecule has 0 radical (unpaired) electrons. The van der Waals surface area contributed by atoms with Gasteiger partial charge in [-0.1, -0.05) is 6.07 Å². The fourth-order valence-corrected chi connectivity index (χ4v) is 2.89. The first-order valence-corrected chi connectivity index (χ1v) is 8.40. The van der Waals surface area contributed by atoms with Crippen molar-refractivity contribution in [2.75, 3.05) is 17.2 Å². The average Bonchev–Trinajstić information content (AvgIpc) is 2.94. The second kappa shape index (κ2) is 7.35. The zero-order valence-electron chi connectivity index (χ0n) is 14.7. The fraction of sp³-hybridized carbons (Fsp3) is 0.263. The van der Waals surface area contributed by atoms with Crippen LogP contribution in [0.5, 0.6) is 11.5 Å². The van der Waals surface area contributed by atoms with Crippen molar-refractivity contribution in [1.29, 1.82) is 0 Å². The third-order valence-electron chi connectivity index (χ3n) is 3.94. The predicted molar refractivity (Wildman–Crippen MR) is 99.0 cm³/mol. The van der Waals surface area contributed by atoms with Crippen LogP contribution in [0.1, 0.15) is 29.8 Å². The summed E-state index contributed by atoms with van der Waals surface area (Å²) in [4.78, 5) is 23.6. The molecule has 0 fully saturated rings. The summed E-state index contributed by atoms with van der Waals surface area (Å²) < 4.78 is 11.4. The monoisotopic (exact) mass is 355 g/mol. The smallest absolute Gasteiger partial charge is 0.316 e. The number of primary amides is 1. The Balaban J connectivity index is 1.85. The largest absolute Gasteiger partial charge is 0.492 e. The average molecular weight is 355 g/mol. The lowest BCUT2D eigenvalue weighted by atomic mass is 10.1. The van der Waals surface area contributed by atoms with Crippen LogP contribution in [0.2, 0.25) is 0 Å². The van der Waals surface area contributed by atoms with E-state index in [0.29, 0.717) is 29.3 Å². The lowest BCUT2D eigenvalue weighted by molar-refractivity contribution is 0.102. The standard InChI is InChI=1S/C19H21N3O4/c1-3-25-17-9-13-7-11(2)26-16(13)10-15(17)22-18(23)12-5-4-6-14(8-12)21-19(20)24/h4-6,8-11H,3,7H2,1-2H3,(H,22,23)(H3,20,21,24)/t11-/m0/s1. The Bertz CT molecular complexity index is 851. The maximum atomic E-state index is 12.6. The zero-order valence-corrected chi connectivity index (χ0v) is 14.7. The summed E-state index contributed by atoms with van der Waals surface area (Å²) in [6.07, 6.45) is 0.909. The number of hydrogen-bond acceptors (Lipinski definition) is 4. The Hall–Kier alpha value is -3.22. The second-order valence-electron chi connectivity index (χ2n) is 6.05. The van der Waals surface area contributed by atoms with Crippen LogP contribution in [0.15, 0.2) is 36.4 Å². The highest BCUT2D eigenvalue weighted by atomic mass is 16.5. The van der Waals surface area contributed by atoms with Gasteiger partial charge in [0.05, 0.1) is 12.3 Å². The summed E-state index contributed by atoms with van der Waals surface area (Å²) in [6.45, 7) is 4.36. The Morgan fingerprint density at radius 1 is 1.27 bits per heavy atom. The van der Waals surface area contributed by atoms with Gasteiger partial charge in [0, 0.05) is 29.3 Å². The summed E-state index contributed by atoms with van der Waals surface area (Å²) in [5.41, 5.74) is 7.54. The summed E-state index contributed by atoms with van der Waals surface area (Å²) >= 11 is 0. The van der Waals surface area contributed by atoms with E-state index in [1.807, 2.05) is 19.9 Å². The minimum atomic E-state index is -0.689.